The van der Waals surface area contributed by atoms with E-state index in [1.807, 2.05) is 0 Å². The van der Waals surface area contributed by atoms with Gasteiger partial charge in [0.1, 0.15) is 4.90 Å². The molecule has 0 aliphatic rings. The smallest absolute Gasteiger partial charge is 0.263 e. The molecule has 106 valence electrons. The van der Waals surface area contributed by atoms with Crippen LogP contribution in [0.3, 0.4) is 0 Å². The van der Waals surface area contributed by atoms with E-state index < -0.39 is 10.0 Å². The van der Waals surface area contributed by atoms with Crippen LogP contribution in [0.1, 0.15) is 0 Å². The van der Waals surface area contributed by atoms with Gasteiger partial charge in [0.25, 0.3) is 10.0 Å². The minimum atomic E-state index is -3.67. The van der Waals surface area contributed by atoms with Gasteiger partial charge in [-0.05, 0) is 46.3 Å². The Morgan fingerprint density at radius 2 is 1.85 bits per heavy atom. The van der Waals surface area contributed by atoms with Gasteiger partial charge in [0.2, 0.25) is 0 Å². The van der Waals surface area contributed by atoms with Gasteiger partial charge in [0.05, 0.1) is 16.4 Å². The molecule has 0 atom stereocenters. The Morgan fingerprint density at radius 1 is 1.15 bits per heavy atom. The highest BCUT2D eigenvalue weighted by Crippen LogP contribution is 2.28. The summed E-state index contributed by atoms with van der Waals surface area (Å²) in [4.78, 5) is 0.182. The summed E-state index contributed by atoms with van der Waals surface area (Å²) in [6.07, 6.45) is 0. The second-order valence-electron chi connectivity index (χ2n) is 3.98. The first-order valence-corrected chi connectivity index (χ1v) is 8.34. The lowest BCUT2D eigenvalue weighted by atomic mass is 10.3. The van der Waals surface area contributed by atoms with Gasteiger partial charge < -0.3 is 5.32 Å². The molecule has 0 aliphatic heterocycles. The molecule has 2 rings (SSSR count). The van der Waals surface area contributed by atoms with Crippen LogP contribution in [0.4, 0.5) is 11.4 Å². The van der Waals surface area contributed by atoms with Gasteiger partial charge in [-0.15, -0.1) is 0 Å². The van der Waals surface area contributed by atoms with E-state index in [-0.39, 0.29) is 4.90 Å². The lowest BCUT2D eigenvalue weighted by Gasteiger charge is -2.12. The molecule has 0 aromatic heterocycles. The molecule has 0 aliphatic carbocycles. The third kappa shape index (κ3) is 3.26. The SMILES string of the molecule is CNc1ccccc1S(=O)(=O)Nc1ccc(Br)c(Cl)c1. The summed E-state index contributed by atoms with van der Waals surface area (Å²) in [5.41, 5.74) is 0.937. The zero-order valence-corrected chi connectivity index (χ0v) is 13.7. The first-order chi connectivity index (χ1) is 9.44. The largest absolute Gasteiger partial charge is 0.387 e. The van der Waals surface area contributed by atoms with E-state index in [1.54, 1.807) is 43.4 Å². The molecule has 7 heteroatoms. The second-order valence-corrected chi connectivity index (χ2v) is 6.89. The summed E-state index contributed by atoms with van der Waals surface area (Å²) in [7, 11) is -2.00. The van der Waals surface area contributed by atoms with E-state index >= 15 is 0 Å². The molecule has 0 heterocycles. The number of hydrogen-bond acceptors (Lipinski definition) is 3. The van der Waals surface area contributed by atoms with E-state index in [9.17, 15) is 8.42 Å². The highest BCUT2D eigenvalue weighted by Gasteiger charge is 2.18. The predicted octanol–water partition coefficient (Wildman–Crippen LogP) is 3.95. The molecule has 2 aromatic carbocycles. The normalized spacial score (nSPS) is 11.2. The third-order valence-electron chi connectivity index (χ3n) is 2.62. The van der Waals surface area contributed by atoms with Crippen molar-refractivity contribution in [3.05, 3.63) is 52.0 Å². The maximum atomic E-state index is 12.4. The maximum absolute atomic E-state index is 12.4. The van der Waals surface area contributed by atoms with E-state index in [2.05, 4.69) is 26.0 Å². The minimum Gasteiger partial charge on any atom is -0.387 e. The highest BCUT2D eigenvalue weighted by molar-refractivity contribution is 9.10. The summed E-state index contributed by atoms with van der Waals surface area (Å²) >= 11 is 9.21. The van der Waals surface area contributed by atoms with Gasteiger partial charge in [0, 0.05) is 11.5 Å². The zero-order chi connectivity index (χ0) is 14.8. The Bertz CT molecular complexity index is 735. The average Bonchev–Trinajstić information content (AvgIpc) is 2.42. The number of rotatable bonds is 4. The number of anilines is 2. The molecule has 0 spiro atoms. The van der Waals surface area contributed by atoms with Gasteiger partial charge in [-0.25, -0.2) is 8.42 Å². The zero-order valence-electron chi connectivity index (χ0n) is 10.5. The predicted molar refractivity (Wildman–Crippen MR) is 85.9 cm³/mol. The van der Waals surface area contributed by atoms with Crippen molar-refractivity contribution in [3.8, 4) is 0 Å². The molecular formula is C13H12BrClN2O2S. The van der Waals surface area contributed by atoms with Crippen molar-refractivity contribution in [1.29, 1.82) is 0 Å². The van der Waals surface area contributed by atoms with Crippen LogP contribution in [0, 0.1) is 0 Å². The first-order valence-electron chi connectivity index (χ1n) is 5.68. The molecule has 0 saturated carbocycles. The standard InChI is InChI=1S/C13H12BrClN2O2S/c1-16-12-4-2-3-5-13(12)20(18,19)17-9-6-7-10(14)11(15)8-9/h2-8,16-17H,1H3. The fourth-order valence-corrected chi connectivity index (χ4v) is 3.37. The van der Waals surface area contributed by atoms with Crippen molar-refractivity contribution in [2.24, 2.45) is 0 Å². The van der Waals surface area contributed by atoms with Crippen molar-refractivity contribution >= 4 is 48.9 Å². The fourth-order valence-electron chi connectivity index (χ4n) is 1.68. The molecule has 2 N–H and O–H groups in total. The molecule has 2 aromatic rings. The van der Waals surface area contributed by atoms with Crippen molar-refractivity contribution in [1.82, 2.24) is 0 Å². The molecule has 4 nitrogen and oxygen atoms in total. The topological polar surface area (TPSA) is 58.2 Å². The quantitative estimate of drug-likeness (QED) is 0.851. The van der Waals surface area contributed by atoms with Gasteiger partial charge in [0.15, 0.2) is 0 Å². The first kappa shape index (κ1) is 15.2. The molecular weight excluding hydrogens is 364 g/mol. The van der Waals surface area contributed by atoms with Crippen molar-refractivity contribution in [2.45, 2.75) is 4.90 Å². The minimum absolute atomic E-state index is 0.182. The molecule has 0 bridgehead atoms. The molecule has 0 fully saturated rings. The molecule has 0 amide bonds. The van der Waals surface area contributed by atoms with E-state index in [0.717, 1.165) is 0 Å². The summed E-state index contributed by atoms with van der Waals surface area (Å²) in [6, 6.07) is 11.5. The second kappa shape index (κ2) is 6.03. The van der Waals surface area contributed by atoms with Crippen molar-refractivity contribution in [2.75, 3.05) is 17.1 Å². The fraction of sp³-hybridized carbons (Fsp3) is 0.0769. The number of hydrogen-bond donors (Lipinski definition) is 2. The van der Waals surface area contributed by atoms with Gasteiger partial charge in [-0.2, -0.15) is 0 Å². The summed E-state index contributed by atoms with van der Waals surface area (Å²) in [6.45, 7) is 0. The Balaban J connectivity index is 2.38. The lowest BCUT2D eigenvalue weighted by Crippen LogP contribution is -2.14. The molecule has 0 radical (unpaired) electrons. The van der Waals surface area contributed by atoms with Crippen LogP contribution in [-0.2, 0) is 10.0 Å². The van der Waals surface area contributed by atoms with E-state index in [1.165, 1.54) is 6.07 Å². The van der Waals surface area contributed by atoms with Gasteiger partial charge >= 0.3 is 0 Å². The number of benzene rings is 2. The van der Waals surface area contributed by atoms with Crippen LogP contribution < -0.4 is 10.0 Å². The Kier molecular flexibility index (Phi) is 4.57. The van der Waals surface area contributed by atoms with E-state index in [4.69, 9.17) is 11.6 Å². The van der Waals surface area contributed by atoms with Crippen molar-refractivity contribution in [3.63, 3.8) is 0 Å². The van der Waals surface area contributed by atoms with Crippen LogP contribution in [0.2, 0.25) is 5.02 Å². The van der Waals surface area contributed by atoms with Crippen LogP contribution in [-0.4, -0.2) is 15.5 Å². The number of halogens is 2. The Hall–Kier alpha value is -1.24. The molecule has 0 saturated heterocycles. The van der Waals surface area contributed by atoms with Crippen LogP contribution in [0.25, 0.3) is 0 Å². The van der Waals surface area contributed by atoms with Crippen LogP contribution in [0.15, 0.2) is 51.8 Å². The molecule has 0 unspecified atom stereocenters. The van der Waals surface area contributed by atoms with E-state index in [0.29, 0.717) is 20.9 Å². The highest BCUT2D eigenvalue weighted by atomic mass is 79.9. The van der Waals surface area contributed by atoms with Gasteiger partial charge in [-0.1, -0.05) is 23.7 Å². The average molecular weight is 376 g/mol. The summed E-state index contributed by atoms with van der Waals surface area (Å²) < 4.78 is 28.0. The van der Waals surface area contributed by atoms with Crippen LogP contribution in [0.5, 0.6) is 0 Å². The van der Waals surface area contributed by atoms with Gasteiger partial charge in [-0.3, -0.25) is 4.72 Å². The van der Waals surface area contributed by atoms with Crippen molar-refractivity contribution < 1.29 is 8.42 Å². The molecule has 20 heavy (non-hydrogen) atoms. The van der Waals surface area contributed by atoms with Crippen LogP contribution >= 0.6 is 27.5 Å². The monoisotopic (exact) mass is 374 g/mol. The summed E-state index contributed by atoms with van der Waals surface area (Å²) in [5.74, 6) is 0. The Labute approximate surface area is 131 Å². The summed E-state index contributed by atoms with van der Waals surface area (Å²) in [5, 5.41) is 3.29. The number of sulfonamides is 1. The number of nitrogens with one attached hydrogen (secondary N) is 2. The third-order valence-corrected chi connectivity index (χ3v) is 5.29. The Morgan fingerprint density at radius 3 is 2.50 bits per heavy atom. The number of para-hydroxylation sites is 1. The lowest BCUT2D eigenvalue weighted by molar-refractivity contribution is 0.601. The maximum Gasteiger partial charge on any atom is 0.263 e.